The Morgan fingerprint density at radius 1 is 0.881 bits per heavy atom. The Labute approximate surface area is 243 Å². The summed E-state index contributed by atoms with van der Waals surface area (Å²) in [6.07, 6.45) is 5.78. The highest BCUT2D eigenvalue weighted by atomic mass is 16.6. The molecule has 9 nitrogen and oxygen atoms in total. The minimum Gasteiger partial charge on any atom is -0.493 e. The van der Waals surface area contributed by atoms with Crippen LogP contribution in [0.5, 0.6) is 23.0 Å². The molecule has 1 heterocycles. The molecular weight excluding hydrogens is 536 g/mol. The predicted octanol–water partition coefficient (Wildman–Crippen LogP) is 5.72. The lowest BCUT2D eigenvalue weighted by molar-refractivity contribution is -0.129. The van der Waals surface area contributed by atoms with E-state index < -0.39 is 11.9 Å². The van der Waals surface area contributed by atoms with Gasteiger partial charge in [-0.1, -0.05) is 42.5 Å². The highest BCUT2D eigenvalue weighted by Gasteiger charge is 2.13. The van der Waals surface area contributed by atoms with Crippen molar-refractivity contribution in [2.24, 2.45) is 0 Å². The summed E-state index contributed by atoms with van der Waals surface area (Å²) in [6, 6.07) is 25.1. The number of esters is 1. The Hall–Kier alpha value is -5.75. The number of nitriles is 1. The summed E-state index contributed by atoms with van der Waals surface area (Å²) in [5.41, 5.74) is 2.14. The zero-order valence-electron chi connectivity index (χ0n) is 23.0. The van der Waals surface area contributed by atoms with Crippen molar-refractivity contribution in [1.29, 1.82) is 5.26 Å². The average molecular weight is 565 g/mol. The third-order valence-corrected chi connectivity index (χ3v) is 5.91. The molecule has 4 aromatic rings. The fourth-order valence-electron chi connectivity index (χ4n) is 3.80. The maximum absolute atomic E-state index is 12.6. The maximum atomic E-state index is 12.6. The number of carbonyl (C=O) groups excluding carboxylic acids is 2. The second-order valence-corrected chi connectivity index (χ2v) is 8.78. The lowest BCUT2D eigenvalue weighted by Gasteiger charge is -2.11. The summed E-state index contributed by atoms with van der Waals surface area (Å²) in [6.45, 7) is 0.543. The highest BCUT2D eigenvalue weighted by Crippen LogP contribution is 2.31. The zero-order valence-corrected chi connectivity index (χ0v) is 23.0. The number of carbonyl (C=O) groups is 2. The maximum Gasteiger partial charge on any atom is 0.336 e. The first-order valence-corrected chi connectivity index (χ1v) is 12.8. The van der Waals surface area contributed by atoms with Crippen molar-refractivity contribution in [3.63, 3.8) is 0 Å². The molecule has 0 atom stereocenters. The first kappa shape index (κ1) is 29.2. The molecule has 42 heavy (non-hydrogen) atoms. The van der Waals surface area contributed by atoms with Crippen molar-refractivity contribution < 1.29 is 33.0 Å². The molecule has 4 rings (SSSR count). The molecule has 3 aromatic carbocycles. The highest BCUT2D eigenvalue weighted by molar-refractivity contribution is 6.01. The topological polar surface area (TPSA) is 120 Å². The number of hydrogen-bond donors (Lipinski definition) is 1. The Kier molecular flexibility index (Phi) is 10.2. The van der Waals surface area contributed by atoms with Crippen molar-refractivity contribution in [1.82, 2.24) is 5.32 Å². The number of benzene rings is 3. The van der Waals surface area contributed by atoms with Gasteiger partial charge in [0, 0.05) is 6.08 Å². The van der Waals surface area contributed by atoms with E-state index in [1.54, 1.807) is 55.7 Å². The zero-order chi connectivity index (χ0) is 29.7. The van der Waals surface area contributed by atoms with Gasteiger partial charge in [-0.15, -0.1) is 0 Å². The normalized spacial score (nSPS) is 11.0. The van der Waals surface area contributed by atoms with Crippen molar-refractivity contribution >= 4 is 24.0 Å². The number of nitrogens with zero attached hydrogens (tertiary/aromatic N) is 1. The van der Waals surface area contributed by atoms with Gasteiger partial charge >= 0.3 is 5.97 Å². The van der Waals surface area contributed by atoms with Crippen molar-refractivity contribution in [2.75, 3.05) is 14.2 Å². The van der Waals surface area contributed by atoms with Crippen LogP contribution in [0.3, 0.4) is 0 Å². The molecule has 0 fully saturated rings. The molecule has 0 radical (unpaired) electrons. The Balaban J connectivity index is 1.38. The summed E-state index contributed by atoms with van der Waals surface area (Å²) >= 11 is 0. The van der Waals surface area contributed by atoms with E-state index in [1.165, 1.54) is 31.6 Å². The number of rotatable bonds is 12. The Morgan fingerprint density at radius 3 is 2.31 bits per heavy atom. The first-order chi connectivity index (χ1) is 20.5. The van der Waals surface area contributed by atoms with Gasteiger partial charge in [-0.3, -0.25) is 4.79 Å². The van der Waals surface area contributed by atoms with Crippen LogP contribution in [0.2, 0.25) is 0 Å². The summed E-state index contributed by atoms with van der Waals surface area (Å²) in [5, 5.41) is 12.1. The van der Waals surface area contributed by atoms with Gasteiger partial charge < -0.3 is 28.7 Å². The third kappa shape index (κ3) is 8.13. The van der Waals surface area contributed by atoms with Gasteiger partial charge in [0.25, 0.3) is 5.91 Å². The monoisotopic (exact) mass is 564 g/mol. The number of hydrogen-bond acceptors (Lipinski definition) is 8. The van der Waals surface area contributed by atoms with E-state index in [4.69, 9.17) is 23.4 Å². The van der Waals surface area contributed by atoms with Gasteiger partial charge in [-0.2, -0.15) is 5.26 Å². The van der Waals surface area contributed by atoms with Crippen molar-refractivity contribution in [2.45, 2.75) is 13.2 Å². The number of methoxy groups -OCH3 is 2. The molecule has 9 heteroatoms. The fraction of sp³-hybridized carbons (Fsp3) is 0.121. The van der Waals surface area contributed by atoms with Crippen LogP contribution in [0.15, 0.2) is 101 Å². The summed E-state index contributed by atoms with van der Waals surface area (Å²) in [5.74, 6) is 0.905. The second-order valence-electron chi connectivity index (χ2n) is 8.78. The molecule has 0 bridgehead atoms. The standard InChI is InChI=1S/C33H28N2O7/c1-38-30-18-23(10-13-28(30)41-22-24-7-4-3-5-8-24)12-15-32(36)42-29-14-11-25(19-31(29)39-2)17-26(20-34)33(37)35-21-27-9-6-16-40-27/h3-19H,21-22H2,1-2H3,(H,35,37). The van der Waals surface area contributed by atoms with Gasteiger partial charge in [0.1, 0.15) is 24.0 Å². The second kappa shape index (κ2) is 14.6. The SMILES string of the molecule is COc1cc(C=CC(=O)Oc2ccc(C=C(C#N)C(=O)NCc3ccco3)cc2OC)ccc1OCc1ccccc1. The van der Waals surface area contributed by atoms with E-state index in [-0.39, 0.29) is 23.6 Å². The van der Waals surface area contributed by atoms with Crippen LogP contribution in [-0.4, -0.2) is 26.1 Å². The van der Waals surface area contributed by atoms with Crippen LogP contribution in [0, 0.1) is 11.3 Å². The van der Waals surface area contributed by atoms with Crippen LogP contribution in [0.4, 0.5) is 0 Å². The average Bonchev–Trinajstić information content (AvgIpc) is 3.55. The first-order valence-electron chi connectivity index (χ1n) is 12.8. The molecule has 0 saturated carbocycles. The minimum atomic E-state index is -0.630. The van der Waals surface area contributed by atoms with Gasteiger partial charge in [0.05, 0.1) is 27.0 Å². The van der Waals surface area contributed by atoms with E-state index in [0.717, 1.165) is 5.56 Å². The van der Waals surface area contributed by atoms with Gasteiger partial charge in [-0.05, 0) is 65.2 Å². The lowest BCUT2D eigenvalue weighted by atomic mass is 10.1. The largest absolute Gasteiger partial charge is 0.493 e. The van der Waals surface area contributed by atoms with Crippen LogP contribution in [0.1, 0.15) is 22.5 Å². The van der Waals surface area contributed by atoms with Crippen LogP contribution < -0.4 is 24.3 Å². The molecule has 1 amide bonds. The molecule has 1 aromatic heterocycles. The molecular formula is C33H28N2O7. The van der Waals surface area contributed by atoms with Gasteiger partial charge in [0.2, 0.25) is 0 Å². The number of furan rings is 1. The molecule has 0 unspecified atom stereocenters. The van der Waals surface area contributed by atoms with Crippen LogP contribution in [0.25, 0.3) is 12.2 Å². The number of nitrogens with one attached hydrogen (secondary N) is 1. The van der Waals surface area contributed by atoms with E-state index >= 15 is 0 Å². The Bertz CT molecular complexity index is 1620. The van der Waals surface area contributed by atoms with E-state index in [2.05, 4.69) is 5.32 Å². The molecule has 0 aliphatic rings. The summed E-state index contributed by atoms with van der Waals surface area (Å²) in [4.78, 5) is 25.0. The van der Waals surface area contributed by atoms with Crippen molar-refractivity contribution in [3.05, 3.63) is 119 Å². The van der Waals surface area contributed by atoms with Crippen molar-refractivity contribution in [3.8, 4) is 29.1 Å². The third-order valence-electron chi connectivity index (χ3n) is 5.91. The Morgan fingerprint density at radius 2 is 1.60 bits per heavy atom. The summed E-state index contributed by atoms with van der Waals surface area (Å²) < 4.78 is 27.3. The minimum absolute atomic E-state index is 0.108. The molecule has 212 valence electrons. The quantitative estimate of drug-likeness (QED) is 0.100. The predicted molar refractivity (Wildman–Crippen MR) is 156 cm³/mol. The number of amides is 1. The lowest BCUT2D eigenvalue weighted by Crippen LogP contribution is -2.23. The van der Waals surface area contributed by atoms with E-state index in [1.807, 2.05) is 36.4 Å². The van der Waals surface area contributed by atoms with E-state index in [9.17, 15) is 14.9 Å². The molecule has 1 N–H and O–H groups in total. The molecule has 0 saturated heterocycles. The summed E-state index contributed by atoms with van der Waals surface area (Å²) in [7, 11) is 2.97. The molecule has 0 aliphatic carbocycles. The molecule has 0 spiro atoms. The van der Waals surface area contributed by atoms with E-state index in [0.29, 0.717) is 35.0 Å². The van der Waals surface area contributed by atoms with Gasteiger partial charge in [0.15, 0.2) is 23.0 Å². The smallest absolute Gasteiger partial charge is 0.336 e. The van der Waals surface area contributed by atoms with Crippen LogP contribution in [-0.2, 0) is 22.7 Å². The number of ether oxygens (including phenoxy) is 4. The van der Waals surface area contributed by atoms with Gasteiger partial charge in [-0.25, -0.2) is 4.79 Å². The molecule has 0 aliphatic heterocycles. The van der Waals surface area contributed by atoms with Crippen LogP contribution >= 0.6 is 0 Å². The fourth-order valence-corrected chi connectivity index (χ4v) is 3.80.